The Morgan fingerprint density at radius 3 is 2.73 bits per heavy atom. The number of rotatable bonds is 7. The van der Waals surface area contributed by atoms with Gasteiger partial charge in [0.15, 0.2) is 0 Å². The van der Waals surface area contributed by atoms with Gasteiger partial charge in [0.05, 0.1) is 25.7 Å². The molecule has 1 saturated heterocycles. The van der Waals surface area contributed by atoms with Crippen molar-refractivity contribution in [3.8, 4) is 0 Å². The smallest absolute Gasteiger partial charge is 0.325 e. The molecule has 2 rings (SSSR count). The van der Waals surface area contributed by atoms with Crippen LogP contribution in [0.25, 0.3) is 0 Å². The molecular formula is C16H22N2O4. The van der Waals surface area contributed by atoms with Crippen molar-refractivity contribution in [2.24, 2.45) is 5.92 Å². The lowest BCUT2D eigenvalue weighted by Gasteiger charge is -2.29. The van der Waals surface area contributed by atoms with E-state index in [1.54, 1.807) is 6.92 Å². The number of aryl methyl sites for hydroxylation is 1. The second-order valence-corrected chi connectivity index (χ2v) is 5.43. The van der Waals surface area contributed by atoms with Crippen LogP contribution >= 0.6 is 0 Å². The van der Waals surface area contributed by atoms with Crippen molar-refractivity contribution >= 4 is 11.9 Å². The van der Waals surface area contributed by atoms with Crippen LogP contribution in [0.2, 0.25) is 0 Å². The first-order valence-electron chi connectivity index (χ1n) is 7.37. The number of ether oxygens (including phenoxy) is 2. The van der Waals surface area contributed by atoms with E-state index in [9.17, 15) is 9.59 Å². The van der Waals surface area contributed by atoms with E-state index in [0.29, 0.717) is 26.4 Å². The first kappa shape index (κ1) is 16.5. The lowest BCUT2D eigenvalue weighted by Crippen LogP contribution is -2.54. The molecule has 0 bridgehead atoms. The lowest BCUT2D eigenvalue weighted by molar-refractivity contribution is -0.126. The van der Waals surface area contributed by atoms with Crippen LogP contribution in [-0.2, 0) is 20.9 Å². The Morgan fingerprint density at radius 1 is 1.23 bits per heavy atom. The SMILES string of the molecule is Cc1ccccc1COCCOCN1CC(C)C(=O)NC1=O. The highest BCUT2D eigenvalue weighted by Gasteiger charge is 2.28. The molecule has 1 aliphatic rings. The first-order valence-corrected chi connectivity index (χ1v) is 7.37. The summed E-state index contributed by atoms with van der Waals surface area (Å²) in [6.45, 7) is 5.78. The number of benzene rings is 1. The Bertz CT molecular complexity index is 533. The second kappa shape index (κ2) is 7.91. The molecule has 22 heavy (non-hydrogen) atoms. The Kier molecular flexibility index (Phi) is 5.91. The van der Waals surface area contributed by atoms with Gasteiger partial charge >= 0.3 is 6.03 Å². The third kappa shape index (κ3) is 4.54. The van der Waals surface area contributed by atoms with Gasteiger partial charge in [0.25, 0.3) is 0 Å². The summed E-state index contributed by atoms with van der Waals surface area (Å²) in [6, 6.07) is 7.67. The Labute approximate surface area is 130 Å². The van der Waals surface area contributed by atoms with Gasteiger partial charge in [-0.3, -0.25) is 10.1 Å². The number of amides is 3. The van der Waals surface area contributed by atoms with Crippen molar-refractivity contribution < 1.29 is 19.1 Å². The topological polar surface area (TPSA) is 67.9 Å². The molecule has 1 fully saturated rings. The molecular weight excluding hydrogens is 284 g/mol. The quantitative estimate of drug-likeness (QED) is 0.778. The zero-order valence-electron chi connectivity index (χ0n) is 13.0. The van der Waals surface area contributed by atoms with Crippen LogP contribution in [-0.4, -0.2) is 43.3 Å². The van der Waals surface area contributed by atoms with Gasteiger partial charge < -0.3 is 14.4 Å². The standard InChI is InChI=1S/C16H22N2O4/c1-12-5-3-4-6-14(12)10-21-7-8-22-11-18-9-13(2)15(19)17-16(18)20/h3-6,13H,7-11H2,1-2H3,(H,17,19,20). The number of nitrogens with one attached hydrogen (secondary N) is 1. The van der Waals surface area contributed by atoms with Gasteiger partial charge in [-0.05, 0) is 18.1 Å². The molecule has 0 radical (unpaired) electrons. The largest absolute Gasteiger partial charge is 0.374 e. The Morgan fingerprint density at radius 2 is 1.95 bits per heavy atom. The molecule has 0 saturated carbocycles. The molecule has 6 heteroatoms. The average Bonchev–Trinajstić information content (AvgIpc) is 2.49. The van der Waals surface area contributed by atoms with E-state index < -0.39 is 6.03 Å². The summed E-state index contributed by atoms with van der Waals surface area (Å²) < 4.78 is 11.0. The molecule has 3 amide bonds. The van der Waals surface area contributed by atoms with Crippen LogP contribution in [0.3, 0.4) is 0 Å². The zero-order valence-corrected chi connectivity index (χ0v) is 13.0. The number of carbonyl (C=O) groups is 2. The molecule has 1 unspecified atom stereocenters. The van der Waals surface area contributed by atoms with Gasteiger partial charge in [-0.15, -0.1) is 0 Å². The van der Waals surface area contributed by atoms with E-state index in [-0.39, 0.29) is 18.6 Å². The van der Waals surface area contributed by atoms with Gasteiger partial charge in [-0.1, -0.05) is 31.2 Å². The highest BCUT2D eigenvalue weighted by Crippen LogP contribution is 2.09. The highest BCUT2D eigenvalue weighted by molar-refractivity contribution is 5.97. The summed E-state index contributed by atoms with van der Waals surface area (Å²) in [5.41, 5.74) is 2.36. The van der Waals surface area contributed by atoms with Gasteiger partial charge in [-0.2, -0.15) is 0 Å². The van der Waals surface area contributed by atoms with Crippen molar-refractivity contribution in [3.63, 3.8) is 0 Å². The predicted molar refractivity (Wildman–Crippen MR) is 81.1 cm³/mol. The minimum Gasteiger partial charge on any atom is -0.374 e. The molecule has 1 aliphatic heterocycles. The minimum atomic E-state index is -0.399. The highest BCUT2D eigenvalue weighted by atomic mass is 16.5. The van der Waals surface area contributed by atoms with Gasteiger partial charge in [0.1, 0.15) is 6.73 Å². The fourth-order valence-corrected chi connectivity index (χ4v) is 2.16. The van der Waals surface area contributed by atoms with E-state index in [1.807, 2.05) is 31.2 Å². The van der Waals surface area contributed by atoms with Crippen LogP contribution in [0.15, 0.2) is 24.3 Å². The van der Waals surface area contributed by atoms with Crippen LogP contribution < -0.4 is 5.32 Å². The summed E-state index contributed by atoms with van der Waals surface area (Å²) in [7, 11) is 0. The normalized spacial score (nSPS) is 18.5. The summed E-state index contributed by atoms with van der Waals surface area (Å²) in [4.78, 5) is 24.4. The maximum absolute atomic E-state index is 11.6. The molecule has 1 N–H and O–H groups in total. The summed E-state index contributed by atoms with van der Waals surface area (Å²) in [5, 5.41) is 2.30. The molecule has 0 aromatic heterocycles. The third-order valence-corrected chi connectivity index (χ3v) is 3.60. The number of urea groups is 1. The first-order chi connectivity index (χ1) is 10.6. The molecule has 1 atom stereocenters. The Balaban J connectivity index is 1.60. The van der Waals surface area contributed by atoms with Crippen LogP contribution in [0.5, 0.6) is 0 Å². The summed E-state index contributed by atoms with van der Waals surface area (Å²) in [6.07, 6.45) is 0. The van der Waals surface area contributed by atoms with Crippen LogP contribution in [0.1, 0.15) is 18.1 Å². The van der Waals surface area contributed by atoms with E-state index >= 15 is 0 Å². The van der Waals surface area contributed by atoms with E-state index in [1.165, 1.54) is 10.5 Å². The van der Waals surface area contributed by atoms with Crippen LogP contribution in [0.4, 0.5) is 4.79 Å². The van der Waals surface area contributed by atoms with Gasteiger partial charge in [-0.25, -0.2) is 4.79 Å². The van der Waals surface area contributed by atoms with Gasteiger partial charge in [0.2, 0.25) is 5.91 Å². The van der Waals surface area contributed by atoms with Gasteiger partial charge in [0, 0.05) is 6.54 Å². The predicted octanol–water partition coefficient (Wildman–Crippen LogP) is 1.67. The van der Waals surface area contributed by atoms with E-state index in [0.717, 1.165) is 5.56 Å². The Hall–Kier alpha value is -1.92. The van der Waals surface area contributed by atoms with Crippen molar-refractivity contribution in [3.05, 3.63) is 35.4 Å². The maximum Gasteiger partial charge on any atom is 0.325 e. The number of imide groups is 1. The van der Waals surface area contributed by atoms with Crippen molar-refractivity contribution in [1.29, 1.82) is 0 Å². The summed E-state index contributed by atoms with van der Waals surface area (Å²) >= 11 is 0. The molecule has 1 heterocycles. The van der Waals surface area contributed by atoms with E-state index in [2.05, 4.69) is 5.32 Å². The monoisotopic (exact) mass is 306 g/mol. The number of hydrogen-bond donors (Lipinski definition) is 1. The average molecular weight is 306 g/mol. The minimum absolute atomic E-state index is 0.164. The molecule has 0 aliphatic carbocycles. The summed E-state index contributed by atoms with van der Waals surface area (Å²) in [5.74, 6) is -0.443. The van der Waals surface area contributed by atoms with Crippen LogP contribution in [0, 0.1) is 12.8 Å². The van der Waals surface area contributed by atoms with Crippen molar-refractivity contribution in [1.82, 2.24) is 10.2 Å². The fraction of sp³-hybridized carbons (Fsp3) is 0.500. The number of nitrogens with zero attached hydrogens (tertiary/aromatic N) is 1. The van der Waals surface area contributed by atoms with Crippen molar-refractivity contribution in [2.75, 3.05) is 26.5 Å². The lowest BCUT2D eigenvalue weighted by atomic mass is 10.1. The second-order valence-electron chi connectivity index (χ2n) is 5.43. The zero-order chi connectivity index (χ0) is 15.9. The molecule has 1 aromatic carbocycles. The maximum atomic E-state index is 11.6. The molecule has 6 nitrogen and oxygen atoms in total. The number of carbonyl (C=O) groups excluding carboxylic acids is 2. The number of hydrogen-bond acceptors (Lipinski definition) is 4. The van der Waals surface area contributed by atoms with Crippen molar-refractivity contribution in [2.45, 2.75) is 20.5 Å². The third-order valence-electron chi connectivity index (χ3n) is 3.60. The fourth-order valence-electron chi connectivity index (χ4n) is 2.16. The van der Waals surface area contributed by atoms with E-state index in [4.69, 9.17) is 9.47 Å². The molecule has 120 valence electrons. The molecule has 0 spiro atoms. The molecule has 1 aromatic rings.